The van der Waals surface area contributed by atoms with E-state index < -0.39 is 0 Å². The van der Waals surface area contributed by atoms with Gasteiger partial charge in [-0.1, -0.05) is 0 Å². The Morgan fingerprint density at radius 3 is 3.00 bits per heavy atom. The van der Waals surface area contributed by atoms with E-state index in [0.717, 1.165) is 10.8 Å². The van der Waals surface area contributed by atoms with E-state index in [4.69, 9.17) is 0 Å². The van der Waals surface area contributed by atoms with Gasteiger partial charge >= 0.3 is 0 Å². The van der Waals surface area contributed by atoms with Crippen LogP contribution in [0.5, 0.6) is 0 Å². The van der Waals surface area contributed by atoms with Gasteiger partial charge in [-0.3, -0.25) is 4.57 Å². The van der Waals surface area contributed by atoms with E-state index in [-0.39, 0.29) is 0 Å². The number of rotatable bonds is 2. The van der Waals surface area contributed by atoms with Crippen LogP contribution in [0.3, 0.4) is 0 Å². The fourth-order valence-corrected chi connectivity index (χ4v) is 1.35. The van der Waals surface area contributed by atoms with Crippen molar-refractivity contribution in [3.63, 3.8) is 0 Å². The average molecular weight is 192 g/mol. The molecule has 4 nitrogen and oxygen atoms in total. The maximum Gasteiger partial charge on any atom is 0.142 e. The smallest absolute Gasteiger partial charge is 0.142 e. The predicted molar refractivity (Wildman–Crippen MR) is 50.9 cm³/mol. The highest BCUT2D eigenvalue weighted by molar-refractivity contribution is 7.98. The Hall–Kier alpha value is -1.36. The highest BCUT2D eigenvalue weighted by atomic mass is 32.2. The number of hydrogen-bond donors (Lipinski definition) is 0. The number of imidazole rings is 1. The third-order valence-electron chi connectivity index (χ3n) is 1.61. The van der Waals surface area contributed by atoms with Gasteiger partial charge in [0.25, 0.3) is 0 Å². The quantitative estimate of drug-likeness (QED) is 0.532. The molecule has 66 valence electrons. The lowest BCUT2D eigenvalue weighted by Crippen LogP contribution is -1.95. The minimum absolute atomic E-state index is 0.844. The Balaban J connectivity index is 2.41. The van der Waals surface area contributed by atoms with Crippen molar-refractivity contribution in [2.75, 3.05) is 6.26 Å². The molecule has 0 radical (unpaired) electrons. The summed E-state index contributed by atoms with van der Waals surface area (Å²) in [5, 5.41) is 0.957. The van der Waals surface area contributed by atoms with E-state index in [2.05, 4.69) is 15.0 Å². The molecule has 0 bridgehead atoms. The first-order valence-electron chi connectivity index (χ1n) is 3.74. The highest BCUT2D eigenvalue weighted by Gasteiger charge is 1.98. The molecule has 0 amide bonds. The molecule has 0 saturated carbocycles. The third-order valence-corrected chi connectivity index (χ3v) is 2.25. The van der Waals surface area contributed by atoms with Crippen molar-refractivity contribution >= 4 is 11.8 Å². The fourth-order valence-electron chi connectivity index (χ4n) is 0.977. The van der Waals surface area contributed by atoms with Gasteiger partial charge in [0.05, 0.1) is 0 Å². The van der Waals surface area contributed by atoms with Gasteiger partial charge in [0, 0.05) is 18.5 Å². The van der Waals surface area contributed by atoms with Gasteiger partial charge in [0.2, 0.25) is 0 Å². The van der Waals surface area contributed by atoms with Crippen LogP contribution in [0.15, 0.2) is 36.1 Å². The first-order valence-corrected chi connectivity index (χ1v) is 4.97. The summed E-state index contributed by atoms with van der Waals surface area (Å²) < 4.78 is 1.85. The van der Waals surface area contributed by atoms with Crippen molar-refractivity contribution in [2.45, 2.75) is 5.03 Å². The Kier molecular flexibility index (Phi) is 2.27. The molecule has 0 aliphatic carbocycles. The van der Waals surface area contributed by atoms with Crippen LogP contribution in [-0.4, -0.2) is 25.8 Å². The molecule has 5 heteroatoms. The van der Waals surface area contributed by atoms with Crippen LogP contribution >= 0.6 is 11.8 Å². The van der Waals surface area contributed by atoms with Gasteiger partial charge in [-0.2, -0.15) is 0 Å². The first kappa shape index (κ1) is 8.25. The normalized spacial score (nSPS) is 10.2. The van der Waals surface area contributed by atoms with Crippen LogP contribution < -0.4 is 0 Å². The molecular weight excluding hydrogens is 184 g/mol. The van der Waals surface area contributed by atoms with E-state index in [1.807, 2.05) is 23.1 Å². The number of hydrogen-bond acceptors (Lipinski definition) is 4. The summed E-state index contributed by atoms with van der Waals surface area (Å²) in [7, 11) is 0. The second-order valence-electron chi connectivity index (χ2n) is 2.39. The number of nitrogens with zero attached hydrogens (tertiary/aromatic N) is 4. The third kappa shape index (κ3) is 1.70. The van der Waals surface area contributed by atoms with Gasteiger partial charge in [0.1, 0.15) is 23.5 Å². The summed E-state index contributed by atoms with van der Waals surface area (Å²) in [5.41, 5.74) is 0. The van der Waals surface area contributed by atoms with Crippen molar-refractivity contribution in [3.05, 3.63) is 31.1 Å². The van der Waals surface area contributed by atoms with Gasteiger partial charge in [0.15, 0.2) is 0 Å². The van der Waals surface area contributed by atoms with E-state index in [1.165, 1.54) is 0 Å². The van der Waals surface area contributed by atoms with E-state index >= 15 is 0 Å². The molecule has 0 aromatic carbocycles. The van der Waals surface area contributed by atoms with Gasteiger partial charge < -0.3 is 0 Å². The molecule has 2 heterocycles. The summed E-state index contributed by atoms with van der Waals surface area (Å²) in [5.74, 6) is 0.844. The lowest BCUT2D eigenvalue weighted by molar-refractivity contribution is 0.935. The molecule has 0 saturated heterocycles. The maximum absolute atomic E-state index is 4.13. The maximum atomic E-state index is 4.13. The Morgan fingerprint density at radius 2 is 2.31 bits per heavy atom. The van der Waals surface area contributed by atoms with E-state index in [1.54, 1.807) is 30.6 Å². The molecule has 0 aliphatic rings. The zero-order valence-corrected chi connectivity index (χ0v) is 7.90. The lowest BCUT2D eigenvalue weighted by Gasteiger charge is -2.00. The Labute approximate surface area is 80.1 Å². The second kappa shape index (κ2) is 3.57. The van der Waals surface area contributed by atoms with Crippen molar-refractivity contribution in [1.82, 2.24) is 19.5 Å². The van der Waals surface area contributed by atoms with Crippen molar-refractivity contribution in [2.24, 2.45) is 0 Å². The van der Waals surface area contributed by atoms with Crippen molar-refractivity contribution < 1.29 is 0 Å². The molecule has 2 aromatic heterocycles. The van der Waals surface area contributed by atoms with Crippen LogP contribution in [0.4, 0.5) is 0 Å². The Morgan fingerprint density at radius 1 is 1.38 bits per heavy atom. The zero-order valence-electron chi connectivity index (χ0n) is 7.08. The van der Waals surface area contributed by atoms with Crippen molar-refractivity contribution in [3.8, 4) is 5.82 Å². The molecule has 2 rings (SSSR count). The highest BCUT2D eigenvalue weighted by Crippen LogP contribution is 2.12. The van der Waals surface area contributed by atoms with Gasteiger partial charge in [-0.05, 0) is 6.26 Å². The molecule has 0 N–H and O–H groups in total. The first-order chi connectivity index (χ1) is 6.40. The molecule has 0 spiro atoms. The van der Waals surface area contributed by atoms with Gasteiger partial charge in [-0.25, -0.2) is 15.0 Å². The predicted octanol–water partition coefficient (Wildman–Crippen LogP) is 1.38. The molecule has 0 aliphatic heterocycles. The van der Waals surface area contributed by atoms with E-state index in [9.17, 15) is 0 Å². The average Bonchev–Trinajstić information content (AvgIpc) is 2.71. The molecule has 0 unspecified atom stereocenters. The summed E-state index contributed by atoms with van der Waals surface area (Å²) in [6.07, 6.45) is 8.83. The van der Waals surface area contributed by atoms with Crippen LogP contribution in [0, 0.1) is 0 Å². The SMILES string of the molecule is CSc1cc(-n2ccnc2)ncn1. The van der Waals surface area contributed by atoms with Crippen LogP contribution in [0.2, 0.25) is 0 Å². The minimum Gasteiger partial charge on any atom is -0.290 e. The number of aromatic nitrogens is 4. The molecular formula is C8H8N4S. The minimum atomic E-state index is 0.844. The topological polar surface area (TPSA) is 43.6 Å². The fraction of sp³-hybridized carbons (Fsp3) is 0.125. The molecule has 0 fully saturated rings. The van der Waals surface area contributed by atoms with Crippen LogP contribution in [-0.2, 0) is 0 Å². The summed E-state index contributed by atoms with van der Waals surface area (Å²) in [6.45, 7) is 0. The second-order valence-corrected chi connectivity index (χ2v) is 3.22. The van der Waals surface area contributed by atoms with E-state index in [0.29, 0.717) is 0 Å². The largest absolute Gasteiger partial charge is 0.290 e. The van der Waals surface area contributed by atoms with Crippen LogP contribution in [0.25, 0.3) is 5.82 Å². The summed E-state index contributed by atoms with van der Waals surface area (Å²) in [4.78, 5) is 12.2. The molecule has 2 aromatic rings. The van der Waals surface area contributed by atoms with Crippen molar-refractivity contribution in [1.29, 1.82) is 0 Å². The zero-order chi connectivity index (χ0) is 9.10. The standard InChI is InChI=1S/C8H8N4S/c1-13-8-4-7(10-5-11-8)12-3-2-9-6-12/h2-6H,1H3. The lowest BCUT2D eigenvalue weighted by atomic mass is 10.6. The monoisotopic (exact) mass is 192 g/mol. The molecule has 0 atom stereocenters. The Bertz CT molecular complexity index is 385. The van der Waals surface area contributed by atoms with Crippen LogP contribution in [0.1, 0.15) is 0 Å². The summed E-state index contributed by atoms with van der Waals surface area (Å²) in [6, 6.07) is 1.92. The number of thioether (sulfide) groups is 1. The van der Waals surface area contributed by atoms with Gasteiger partial charge in [-0.15, -0.1) is 11.8 Å². The molecule has 13 heavy (non-hydrogen) atoms. The summed E-state index contributed by atoms with van der Waals surface area (Å²) >= 11 is 1.60.